The number of hydrogen-bond donors (Lipinski definition) is 2. The number of rotatable bonds is 3. The Balaban J connectivity index is 2.06. The van der Waals surface area contributed by atoms with Crippen molar-refractivity contribution in [2.24, 2.45) is 21.6 Å². The van der Waals surface area contributed by atoms with Gasteiger partial charge in [0.05, 0.1) is 5.41 Å². The van der Waals surface area contributed by atoms with Gasteiger partial charge in [0.1, 0.15) is 11.4 Å². The van der Waals surface area contributed by atoms with Crippen molar-refractivity contribution in [2.45, 2.75) is 46.1 Å². The molecule has 7 heteroatoms. The fourth-order valence-electron chi connectivity index (χ4n) is 3.24. The Hall–Kier alpha value is -2.44. The van der Waals surface area contributed by atoms with E-state index in [0.717, 1.165) is 12.8 Å². The van der Waals surface area contributed by atoms with E-state index in [-0.39, 0.29) is 28.8 Å². The van der Waals surface area contributed by atoms with Gasteiger partial charge in [0.15, 0.2) is 5.96 Å². The minimum absolute atomic E-state index is 0.0381. The molecule has 0 unspecified atom stereocenters. The second kappa shape index (κ2) is 5.53. The Morgan fingerprint density at radius 2 is 1.88 bits per heavy atom. The van der Waals surface area contributed by atoms with Gasteiger partial charge in [0.25, 0.3) is 0 Å². The molecule has 0 bridgehead atoms. The first-order valence-electron chi connectivity index (χ1n) is 8.67. The van der Waals surface area contributed by atoms with E-state index < -0.39 is 16.8 Å². The quantitative estimate of drug-likeness (QED) is 0.868. The summed E-state index contributed by atoms with van der Waals surface area (Å²) in [5.41, 5.74) is 4.05. The van der Waals surface area contributed by atoms with Crippen LogP contribution in [0.5, 0.6) is 0 Å². The summed E-state index contributed by atoms with van der Waals surface area (Å²) in [6.45, 7) is 7.03. The molecular weight excluding hydrogens is 335 g/mol. The van der Waals surface area contributed by atoms with Gasteiger partial charge in [0.2, 0.25) is 11.8 Å². The first-order valence-corrected chi connectivity index (χ1v) is 8.67. The lowest BCUT2D eigenvalue weighted by atomic mass is 9.67. The van der Waals surface area contributed by atoms with E-state index in [9.17, 15) is 14.0 Å². The van der Waals surface area contributed by atoms with E-state index in [1.54, 1.807) is 33.9 Å². The van der Waals surface area contributed by atoms with Crippen LogP contribution in [0.3, 0.4) is 0 Å². The Morgan fingerprint density at radius 3 is 2.46 bits per heavy atom. The number of carbonyl (C=O) groups is 2. The predicted molar refractivity (Wildman–Crippen MR) is 97.9 cm³/mol. The third-order valence-electron chi connectivity index (χ3n) is 6.03. The monoisotopic (exact) mass is 360 g/mol. The Bertz CT molecular complexity index is 829. The highest BCUT2D eigenvalue weighted by Crippen LogP contribution is 2.48. The highest BCUT2D eigenvalue weighted by Gasteiger charge is 2.54. The van der Waals surface area contributed by atoms with Gasteiger partial charge in [-0.3, -0.25) is 14.5 Å². The summed E-state index contributed by atoms with van der Waals surface area (Å²) in [6, 6.07) is 4.36. The van der Waals surface area contributed by atoms with Crippen molar-refractivity contribution >= 4 is 23.5 Å². The molecule has 1 aromatic rings. The molecule has 1 fully saturated rings. The van der Waals surface area contributed by atoms with Gasteiger partial charge in [-0.2, -0.15) is 0 Å². The number of hydrogen-bond acceptors (Lipinski definition) is 4. The molecule has 3 N–H and O–H groups in total. The molecule has 0 spiro atoms. The fraction of sp³-hybridized carbons (Fsp3) is 0.526. The molecule has 1 heterocycles. The highest BCUT2D eigenvalue weighted by atomic mass is 19.1. The lowest BCUT2D eigenvalue weighted by Crippen LogP contribution is -2.58. The molecule has 1 aliphatic carbocycles. The molecular formula is C19H25FN4O2. The number of amides is 2. The van der Waals surface area contributed by atoms with Crippen LogP contribution in [0.1, 0.15) is 46.1 Å². The lowest BCUT2D eigenvalue weighted by Gasteiger charge is -2.46. The van der Waals surface area contributed by atoms with Crippen molar-refractivity contribution in [3.63, 3.8) is 0 Å². The maximum absolute atomic E-state index is 14.7. The van der Waals surface area contributed by atoms with E-state index in [4.69, 9.17) is 5.73 Å². The zero-order valence-electron chi connectivity index (χ0n) is 15.8. The maximum atomic E-state index is 14.7. The molecule has 1 atom stereocenters. The van der Waals surface area contributed by atoms with Crippen molar-refractivity contribution < 1.29 is 14.0 Å². The van der Waals surface area contributed by atoms with Gasteiger partial charge in [-0.25, -0.2) is 9.38 Å². The normalized spacial score (nSPS) is 26.3. The molecule has 0 saturated heterocycles. The predicted octanol–water partition coefficient (Wildman–Crippen LogP) is 2.59. The molecule has 140 valence electrons. The second-order valence-electron chi connectivity index (χ2n) is 8.24. The van der Waals surface area contributed by atoms with Crippen molar-refractivity contribution in [3.8, 4) is 0 Å². The highest BCUT2D eigenvalue weighted by molar-refractivity contribution is 6.02. The molecule has 3 rings (SSSR count). The third-order valence-corrected chi connectivity index (χ3v) is 6.03. The van der Waals surface area contributed by atoms with Crippen LogP contribution >= 0.6 is 0 Å². The molecule has 1 saturated carbocycles. The molecule has 2 amide bonds. The summed E-state index contributed by atoms with van der Waals surface area (Å²) in [5, 5.41) is 2.85. The van der Waals surface area contributed by atoms with Gasteiger partial charge in [0, 0.05) is 23.7 Å². The van der Waals surface area contributed by atoms with Crippen LogP contribution in [0.15, 0.2) is 23.2 Å². The van der Waals surface area contributed by atoms with Crippen LogP contribution in [0, 0.1) is 16.6 Å². The summed E-state index contributed by atoms with van der Waals surface area (Å²) < 4.78 is 14.7. The first-order chi connectivity index (χ1) is 11.9. The van der Waals surface area contributed by atoms with Gasteiger partial charge >= 0.3 is 0 Å². The number of benzene rings is 1. The van der Waals surface area contributed by atoms with E-state index in [1.165, 1.54) is 17.0 Å². The SMILES string of the molecule is CN1C(=O)C(C)(C)[C@@](C)(c2cc(NC(=O)C3(C)CC3)ccc2F)N=C1N. The molecule has 0 aromatic heterocycles. The van der Waals surface area contributed by atoms with Crippen LogP contribution in [0.2, 0.25) is 0 Å². The smallest absolute Gasteiger partial charge is 0.237 e. The lowest BCUT2D eigenvalue weighted by molar-refractivity contribution is -0.140. The molecule has 1 aliphatic heterocycles. The summed E-state index contributed by atoms with van der Waals surface area (Å²) in [4.78, 5) is 30.8. The molecule has 26 heavy (non-hydrogen) atoms. The zero-order valence-corrected chi connectivity index (χ0v) is 15.8. The summed E-state index contributed by atoms with van der Waals surface area (Å²) in [5.74, 6) is -0.782. The number of nitrogens with zero attached hydrogens (tertiary/aromatic N) is 2. The largest absolute Gasteiger partial charge is 0.369 e. The third kappa shape index (κ3) is 2.57. The van der Waals surface area contributed by atoms with E-state index in [0.29, 0.717) is 5.69 Å². The van der Waals surface area contributed by atoms with Crippen LogP contribution < -0.4 is 11.1 Å². The number of anilines is 1. The number of halogens is 1. The Kier molecular flexibility index (Phi) is 3.90. The van der Waals surface area contributed by atoms with E-state index in [1.807, 2.05) is 6.92 Å². The zero-order chi connectivity index (χ0) is 19.5. The Morgan fingerprint density at radius 1 is 1.27 bits per heavy atom. The topological polar surface area (TPSA) is 87.8 Å². The standard InChI is InChI=1S/C19H25FN4O2/c1-17(2)15(26)24(5)16(21)23-19(17,4)12-10-11(6-7-13(12)20)22-14(25)18(3)8-9-18/h6-7,10H,8-9H2,1-5H3,(H2,21,23)(H,22,25)/t19-/m1/s1. The van der Waals surface area contributed by atoms with Gasteiger partial charge < -0.3 is 11.1 Å². The number of guanidine groups is 1. The van der Waals surface area contributed by atoms with Crippen LogP contribution in [0.25, 0.3) is 0 Å². The van der Waals surface area contributed by atoms with Crippen LogP contribution in [0.4, 0.5) is 10.1 Å². The Labute approximate surface area is 152 Å². The first kappa shape index (κ1) is 18.4. The van der Waals surface area contributed by atoms with E-state index >= 15 is 0 Å². The number of aliphatic imine (C=N–C) groups is 1. The van der Waals surface area contributed by atoms with Crippen molar-refractivity contribution in [1.29, 1.82) is 0 Å². The average Bonchev–Trinajstić information content (AvgIpc) is 3.32. The van der Waals surface area contributed by atoms with Gasteiger partial charge in [-0.05, 0) is 51.8 Å². The van der Waals surface area contributed by atoms with Gasteiger partial charge in [-0.1, -0.05) is 6.92 Å². The fourth-order valence-corrected chi connectivity index (χ4v) is 3.24. The molecule has 0 radical (unpaired) electrons. The average molecular weight is 360 g/mol. The van der Waals surface area contributed by atoms with Crippen molar-refractivity contribution in [1.82, 2.24) is 4.90 Å². The van der Waals surface area contributed by atoms with Crippen molar-refractivity contribution in [2.75, 3.05) is 12.4 Å². The number of carbonyl (C=O) groups excluding carboxylic acids is 2. The van der Waals surface area contributed by atoms with E-state index in [2.05, 4.69) is 10.3 Å². The second-order valence-corrected chi connectivity index (χ2v) is 8.24. The number of nitrogens with one attached hydrogen (secondary N) is 1. The summed E-state index contributed by atoms with van der Waals surface area (Å²) in [7, 11) is 1.55. The van der Waals surface area contributed by atoms with Crippen LogP contribution in [-0.2, 0) is 15.1 Å². The molecule has 2 aliphatic rings. The summed E-state index contributed by atoms with van der Waals surface area (Å²) >= 11 is 0. The minimum atomic E-state index is -1.20. The molecule has 1 aromatic carbocycles. The minimum Gasteiger partial charge on any atom is -0.369 e. The summed E-state index contributed by atoms with van der Waals surface area (Å²) in [6.07, 6.45) is 1.69. The maximum Gasteiger partial charge on any atom is 0.237 e. The number of nitrogens with two attached hydrogens (primary N) is 1. The van der Waals surface area contributed by atoms with Gasteiger partial charge in [-0.15, -0.1) is 0 Å². The van der Waals surface area contributed by atoms with Crippen molar-refractivity contribution in [3.05, 3.63) is 29.6 Å². The molecule has 6 nitrogen and oxygen atoms in total. The van der Waals surface area contributed by atoms with Crippen LogP contribution in [-0.4, -0.2) is 29.7 Å².